The maximum absolute atomic E-state index is 11.8. The van der Waals surface area contributed by atoms with Crippen LogP contribution in [0.4, 0.5) is 17.1 Å². The number of piperazine rings is 1. The first kappa shape index (κ1) is 18.9. The summed E-state index contributed by atoms with van der Waals surface area (Å²) in [6.45, 7) is 5.52. The van der Waals surface area contributed by atoms with Crippen LogP contribution in [0.5, 0.6) is 0 Å². The first-order valence-corrected chi connectivity index (χ1v) is 10.9. The third-order valence-corrected chi connectivity index (χ3v) is 6.16. The average molecular weight is 394 g/mol. The Labute approximate surface area is 160 Å². The van der Waals surface area contributed by atoms with Crippen LogP contribution in [0.25, 0.3) is 0 Å². The highest BCUT2D eigenvalue weighted by Crippen LogP contribution is 2.24. The minimum atomic E-state index is -3.24. The molecule has 0 spiro atoms. The zero-order valence-corrected chi connectivity index (χ0v) is 16.4. The average Bonchev–Trinajstić information content (AvgIpc) is 2.62. The van der Waals surface area contributed by atoms with Gasteiger partial charge >= 0.3 is 0 Å². The minimum absolute atomic E-state index is 0.139. The van der Waals surface area contributed by atoms with Gasteiger partial charge in [-0.15, -0.1) is 0 Å². The smallest absolute Gasteiger partial charge is 0.232 e. The standard InChI is InChI=1S/C19H24ClN3O2S/c1-2-14-26(24,25)21-17-6-8-18(9-7-17)22-10-12-23(13-11-22)19-5-3-4-16(20)15-19/h3-9,15,21H,2,10-14H2,1H3. The largest absolute Gasteiger partial charge is 0.368 e. The molecule has 26 heavy (non-hydrogen) atoms. The maximum Gasteiger partial charge on any atom is 0.232 e. The number of nitrogens with zero attached hydrogens (tertiary/aromatic N) is 2. The van der Waals surface area contributed by atoms with Crippen LogP contribution in [0.2, 0.25) is 5.02 Å². The van der Waals surface area contributed by atoms with Crippen molar-refractivity contribution in [2.75, 3.05) is 46.5 Å². The van der Waals surface area contributed by atoms with Crippen LogP contribution in [-0.4, -0.2) is 40.3 Å². The molecule has 140 valence electrons. The second-order valence-corrected chi connectivity index (χ2v) is 8.70. The topological polar surface area (TPSA) is 52.7 Å². The van der Waals surface area contributed by atoms with Crippen molar-refractivity contribution in [1.82, 2.24) is 0 Å². The maximum atomic E-state index is 11.8. The Morgan fingerprint density at radius 1 is 0.962 bits per heavy atom. The highest BCUT2D eigenvalue weighted by atomic mass is 35.5. The van der Waals surface area contributed by atoms with Crippen molar-refractivity contribution in [3.63, 3.8) is 0 Å². The van der Waals surface area contributed by atoms with Crippen molar-refractivity contribution in [1.29, 1.82) is 0 Å². The molecule has 0 aromatic heterocycles. The van der Waals surface area contributed by atoms with Gasteiger partial charge in [0.25, 0.3) is 0 Å². The predicted octanol–water partition coefficient (Wildman–Crippen LogP) is 3.82. The van der Waals surface area contributed by atoms with E-state index in [0.717, 1.165) is 42.6 Å². The van der Waals surface area contributed by atoms with Crippen molar-refractivity contribution < 1.29 is 8.42 Å². The third-order valence-electron chi connectivity index (χ3n) is 4.43. The monoisotopic (exact) mass is 393 g/mol. The fraction of sp³-hybridized carbons (Fsp3) is 0.368. The second-order valence-electron chi connectivity index (χ2n) is 6.42. The number of halogens is 1. The SMILES string of the molecule is CCCS(=O)(=O)Nc1ccc(N2CCN(c3cccc(Cl)c3)CC2)cc1. The Morgan fingerprint density at radius 2 is 1.58 bits per heavy atom. The third kappa shape index (κ3) is 4.83. The molecule has 2 aromatic rings. The van der Waals surface area contributed by atoms with Crippen LogP contribution >= 0.6 is 11.6 Å². The number of hydrogen-bond donors (Lipinski definition) is 1. The van der Waals surface area contributed by atoms with E-state index in [-0.39, 0.29) is 5.75 Å². The summed E-state index contributed by atoms with van der Waals surface area (Å²) in [5.41, 5.74) is 2.87. The summed E-state index contributed by atoms with van der Waals surface area (Å²) in [6.07, 6.45) is 0.602. The van der Waals surface area contributed by atoms with Gasteiger partial charge in [0.2, 0.25) is 10.0 Å². The van der Waals surface area contributed by atoms with Gasteiger partial charge in [0.15, 0.2) is 0 Å². The fourth-order valence-electron chi connectivity index (χ4n) is 3.14. The molecule has 1 aliphatic heterocycles. The van der Waals surface area contributed by atoms with Gasteiger partial charge in [-0.1, -0.05) is 24.6 Å². The van der Waals surface area contributed by atoms with Crippen LogP contribution in [0, 0.1) is 0 Å². The van der Waals surface area contributed by atoms with Crippen LogP contribution in [0.15, 0.2) is 48.5 Å². The van der Waals surface area contributed by atoms with Crippen molar-refractivity contribution in [2.45, 2.75) is 13.3 Å². The summed E-state index contributed by atoms with van der Waals surface area (Å²) in [4.78, 5) is 4.64. The van der Waals surface area contributed by atoms with Gasteiger partial charge in [0, 0.05) is 48.3 Å². The van der Waals surface area contributed by atoms with Gasteiger partial charge in [0.1, 0.15) is 0 Å². The molecule has 1 heterocycles. The van der Waals surface area contributed by atoms with Crippen molar-refractivity contribution in [2.24, 2.45) is 0 Å². The first-order chi connectivity index (χ1) is 12.5. The molecule has 0 saturated carbocycles. The van der Waals surface area contributed by atoms with Crippen LogP contribution in [0.1, 0.15) is 13.3 Å². The molecule has 0 amide bonds. The number of sulfonamides is 1. The summed E-state index contributed by atoms with van der Waals surface area (Å²) in [6, 6.07) is 15.5. The molecular formula is C19H24ClN3O2S. The minimum Gasteiger partial charge on any atom is -0.368 e. The number of rotatable bonds is 6. The van der Waals surface area contributed by atoms with Gasteiger partial charge in [0.05, 0.1) is 5.75 Å². The first-order valence-electron chi connectivity index (χ1n) is 8.83. The molecule has 0 unspecified atom stereocenters. The zero-order chi connectivity index (χ0) is 18.6. The molecule has 1 N–H and O–H groups in total. The summed E-state index contributed by atoms with van der Waals surface area (Å²) in [5.74, 6) is 0.139. The van der Waals surface area contributed by atoms with Gasteiger partial charge in [-0.05, 0) is 48.9 Å². The molecule has 3 rings (SSSR count). The molecule has 1 saturated heterocycles. The van der Waals surface area contributed by atoms with Gasteiger partial charge in [-0.25, -0.2) is 8.42 Å². The van der Waals surface area contributed by atoms with E-state index in [1.54, 1.807) is 0 Å². The van der Waals surface area contributed by atoms with Crippen LogP contribution in [0.3, 0.4) is 0 Å². The quantitative estimate of drug-likeness (QED) is 0.810. The molecule has 0 radical (unpaired) electrons. The Morgan fingerprint density at radius 3 is 2.15 bits per heavy atom. The number of hydrogen-bond acceptors (Lipinski definition) is 4. The lowest BCUT2D eigenvalue weighted by Gasteiger charge is -2.37. The van der Waals surface area contributed by atoms with E-state index in [2.05, 4.69) is 20.6 Å². The zero-order valence-electron chi connectivity index (χ0n) is 14.9. The van der Waals surface area contributed by atoms with E-state index in [9.17, 15) is 8.42 Å². The molecule has 0 atom stereocenters. The molecule has 0 bridgehead atoms. The molecule has 2 aromatic carbocycles. The lowest BCUT2D eigenvalue weighted by Crippen LogP contribution is -2.46. The Hall–Kier alpha value is -1.92. The van der Waals surface area contributed by atoms with Crippen LogP contribution < -0.4 is 14.5 Å². The van der Waals surface area contributed by atoms with E-state index in [4.69, 9.17) is 11.6 Å². The van der Waals surface area contributed by atoms with E-state index in [1.165, 1.54) is 0 Å². The molecule has 1 aliphatic rings. The number of nitrogens with one attached hydrogen (secondary N) is 1. The summed E-state index contributed by atoms with van der Waals surface area (Å²) in [7, 11) is -3.24. The summed E-state index contributed by atoms with van der Waals surface area (Å²) in [5, 5.41) is 0.756. The molecule has 5 nitrogen and oxygen atoms in total. The lowest BCUT2D eigenvalue weighted by atomic mass is 10.2. The Kier molecular flexibility index (Phi) is 5.94. The van der Waals surface area contributed by atoms with E-state index in [0.29, 0.717) is 12.1 Å². The fourth-order valence-corrected chi connectivity index (χ4v) is 4.45. The normalized spacial score (nSPS) is 15.2. The number of anilines is 3. The summed E-state index contributed by atoms with van der Waals surface area (Å²) < 4.78 is 26.3. The van der Waals surface area contributed by atoms with E-state index in [1.807, 2.05) is 49.4 Å². The van der Waals surface area contributed by atoms with Gasteiger partial charge in [-0.3, -0.25) is 4.72 Å². The van der Waals surface area contributed by atoms with E-state index >= 15 is 0 Å². The Bertz CT molecular complexity index is 832. The highest BCUT2D eigenvalue weighted by Gasteiger charge is 2.18. The van der Waals surface area contributed by atoms with E-state index < -0.39 is 10.0 Å². The summed E-state index contributed by atoms with van der Waals surface area (Å²) >= 11 is 6.08. The molecule has 1 fully saturated rings. The van der Waals surface area contributed by atoms with Crippen molar-refractivity contribution in [3.8, 4) is 0 Å². The van der Waals surface area contributed by atoms with Gasteiger partial charge in [-0.2, -0.15) is 0 Å². The number of benzene rings is 2. The molecule has 7 heteroatoms. The highest BCUT2D eigenvalue weighted by molar-refractivity contribution is 7.92. The van der Waals surface area contributed by atoms with Gasteiger partial charge < -0.3 is 9.80 Å². The lowest BCUT2D eigenvalue weighted by molar-refractivity contribution is 0.600. The van der Waals surface area contributed by atoms with Crippen LogP contribution in [-0.2, 0) is 10.0 Å². The van der Waals surface area contributed by atoms with Crippen molar-refractivity contribution >= 4 is 38.7 Å². The molecule has 0 aliphatic carbocycles. The van der Waals surface area contributed by atoms with Crippen molar-refractivity contribution in [3.05, 3.63) is 53.6 Å². The predicted molar refractivity (Wildman–Crippen MR) is 110 cm³/mol. The molecular weight excluding hydrogens is 370 g/mol. The Balaban J connectivity index is 1.59. The second kappa shape index (κ2) is 8.18.